The van der Waals surface area contributed by atoms with Crippen LogP contribution in [0.4, 0.5) is 0 Å². The monoisotopic (exact) mass is 847 g/mol. The number of hydrogen-bond donors (Lipinski definition) is 0. The number of esters is 1. The van der Waals surface area contributed by atoms with E-state index in [1.807, 2.05) is 48.5 Å². The average Bonchev–Trinajstić information content (AvgIpc) is 3.22. The second kappa shape index (κ2) is 26.8. The highest BCUT2D eigenvalue weighted by Gasteiger charge is 2.42. The molecule has 0 amide bonds. The molecule has 60 heavy (non-hydrogen) atoms. The molecule has 8 heteroatoms. The molecular formula is C52H82O7Si. The van der Waals surface area contributed by atoms with E-state index in [1.165, 1.54) is 89.5 Å². The van der Waals surface area contributed by atoms with E-state index in [0.29, 0.717) is 25.7 Å². The number of carbonyl (C=O) groups is 1. The second-order valence-electron chi connectivity index (χ2n) is 19.0. The Kier molecular flexibility index (Phi) is 22.3. The summed E-state index contributed by atoms with van der Waals surface area (Å²) in [7, 11) is -2.03. The zero-order valence-electron chi connectivity index (χ0n) is 38.5. The van der Waals surface area contributed by atoms with Crippen molar-refractivity contribution >= 4 is 14.3 Å². The van der Waals surface area contributed by atoms with Crippen LogP contribution in [0.25, 0.3) is 0 Å². The topological polar surface area (TPSA) is 72.5 Å². The molecule has 0 N–H and O–H groups in total. The van der Waals surface area contributed by atoms with Crippen molar-refractivity contribution in [1.82, 2.24) is 0 Å². The molecule has 0 bridgehead atoms. The van der Waals surface area contributed by atoms with E-state index in [1.54, 1.807) is 6.08 Å². The smallest absolute Gasteiger partial charge is 0.330 e. The Hall–Kier alpha value is -2.59. The summed E-state index contributed by atoms with van der Waals surface area (Å²) < 4.78 is 39.9. The van der Waals surface area contributed by atoms with Crippen molar-refractivity contribution < 1.29 is 32.9 Å². The summed E-state index contributed by atoms with van der Waals surface area (Å²) in [5.41, 5.74) is 1.98. The highest BCUT2D eigenvalue weighted by atomic mass is 28.4. The fraction of sp³-hybridized carbons (Fsp3) is 0.673. The quantitative estimate of drug-likeness (QED) is 0.0278. The fourth-order valence-electron chi connectivity index (χ4n) is 8.39. The maximum Gasteiger partial charge on any atom is 0.330 e. The van der Waals surface area contributed by atoms with Crippen LogP contribution in [0.3, 0.4) is 0 Å². The van der Waals surface area contributed by atoms with Crippen molar-refractivity contribution in [3.8, 4) is 0 Å². The van der Waals surface area contributed by atoms with Crippen molar-refractivity contribution in [3.05, 3.63) is 97.1 Å². The normalized spacial score (nSPS) is 23.4. The lowest BCUT2D eigenvalue weighted by Crippen LogP contribution is -2.46. The minimum atomic E-state index is -2.03. The van der Waals surface area contributed by atoms with Gasteiger partial charge in [0.2, 0.25) is 0 Å². The summed E-state index contributed by atoms with van der Waals surface area (Å²) in [5.74, 6) is -0.441. The summed E-state index contributed by atoms with van der Waals surface area (Å²) in [4.78, 5) is 12.2. The first-order chi connectivity index (χ1) is 28.9. The Morgan fingerprint density at radius 2 is 1.12 bits per heavy atom. The first-order valence-electron chi connectivity index (χ1n) is 23.7. The molecule has 2 aliphatic rings. The molecule has 0 unspecified atom stereocenters. The number of ether oxygens (including phenoxy) is 5. The minimum Gasteiger partial charge on any atom is -0.459 e. The lowest BCUT2D eigenvalue weighted by Gasteiger charge is -2.43. The van der Waals surface area contributed by atoms with Gasteiger partial charge in [-0.1, -0.05) is 184 Å². The number of carbonyl (C=O) groups excluding carboxylic acids is 1. The third-order valence-corrected chi connectivity index (χ3v) is 17.3. The summed E-state index contributed by atoms with van der Waals surface area (Å²) in [5, 5.41) is 0.119. The summed E-state index contributed by atoms with van der Waals surface area (Å²) >= 11 is 0. The molecule has 0 radical (unpaired) electrons. The van der Waals surface area contributed by atoms with Gasteiger partial charge in [-0.05, 0) is 31.0 Å². The Morgan fingerprint density at radius 1 is 0.683 bits per heavy atom. The van der Waals surface area contributed by atoms with Crippen LogP contribution in [0, 0.1) is 0 Å². The van der Waals surface area contributed by atoms with Crippen LogP contribution in [0.1, 0.15) is 180 Å². The van der Waals surface area contributed by atoms with Crippen LogP contribution in [-0.2, 0) is 32.9 Å². The SMILES string of the molecule is C=CC[C@H](C[C@H]1C[C@@H](C[C@H]2C[C@@H](C[C@H](CCCCCCCCCCCCCCC)O[Si](C)(C)C(C)(C)C)O[C@@H](c3ccccc3)O2)O[C@@H](c2ccccc2)O1)OC(=O)C=C. The molecule has 336 valence electrons. The van der Waals surface area contributed by atoms with Gasteiger partial charge in [0.15, 0.2) is 20.9 Å². The standard InChI is InChI=1S/C52H82O7Si/c1-9-12-13-14-15-16-17-18-19-20-21-22-29-35-44(59-60(7,8)52(4,5)6)37-46-39-48(58-51(56-46)42-33-27-24-28-34-42)40-47-38-45(36-43(30-10-2)54-49(53)11-3)55-50(57-47)41-31-25-23-26-32-41/h10-11,23-28,31-34,43-48,50-51H,2-3,9,12-22,29-30,35-40H2,1,4-8H3/t43-,44+,45+,46-,47+,48-,50+,51-/m1/s1. The molecule has 2 aliphatic heterocycles. The predicted octanol–water partition coefficient (Wildman–Crippen LogP) is 14.4. The molecule has 2 heterocycles. The third-order valence-electron chi connectivity index (χ3n) is 12.8. The van der Waals surface area contributed by atoms with E-state index in [2.05, 4.69) is 66.1 Å². The molecule has 0 spiro atoms. The largest absolute Gasteiger partial charge is 0.459 e. The van der Waals surface area contributed by atoms with E-state index < -0.39 is 26.9 Å². The summed E-state index contributed by atoms with van der Waals surface area (Å²) in [6.07, 6.45) is 23.9. The minimum absolute atomic E-state index is 0.0263. The van der Waals surface area contributed by atoms with Crippen molar-refractivity contribution in [2.75, 3.05) is 0 Å². The molecule has 0 aliphatic carbocycles. The van der Waals surface area contributed by atoms with Gasteiger partial charge in [-0.2, -0.15) is 0 Å². The van der Waals surface area contributed by atoms with Crippen LogP contribution in [0.5, 0.6) is 0 Å². The lowest BCUT2D eigenvalue weighted by atomic mass is 9.94. The van der Waals surface area contributed by atoms with Gasteiger partial charge in [0.05, 0.1) is 24.4 Å². The van der Waals surface area contributed by atoms with Crippen molar-refractivity contribution in [3.63, 3.8) is 0 Å². The Balaban J connectivity index is 1.43. The maximum atomic E-state index is 12.2. The van der Waals surface area contributed by atoms with Gasteiger partial charge < -0.3 is 28.1 Å². The zero-order chi connectivity index (χ0) is 43.2. The van der Waals surface area contributed by atoms with Gasteiger partial charge in [-0.25, -0.2) is 4.79 Å². The third kappa shape index (κ3) is 18.0. The first kappa shape index (κ1) is 50.1. The maximum absolute atomic E-state index is 12.2. The molecule has 2 aromatic carbocycles. The molecule has 0 saturated carbocycles. The van der Waals surface area contributed by atoms with Gasteiger partial charge >= 0.3 is 5.97 Å². The van der Waals surface area contributed by atoms with Crippen molar-refractivity contribution in [1.29, 1.82) is 0 Å². The summed E-state index contributed by atoms with van der Waals surface area (Å²) in [6, 6.07) is 20.4. The van der Waals surface area contributed by atoms with Gasteiger partial charge in [0.25, 0.3) is 0 Å². The predicted molar refractivity (Wildman–Crippen MR) is 248 cm³/mol. The highest BCUT2D eigenvalue weighted by molar-refractivity contribution is 6.74. The van der Waals surface area contributed by atoms with Crippen molar-refractivity contribution in [2.24, 2.45) is 0 Å². The van der Waals surface area contributed by atoms with Gasteiger partial charge in [-0.3, -0.25) is 0 Å². The van der Waals surface area contributed by atoms with E-state index in [4.69, 9.17) is 28.1 Å². The van der Waals surface area contributed by atoms with Gasteiger partial charge in [-0.15, -0.1) is 6.58 Å². The Bertz CT molecular complexity index is 1480. The lowest BCUT2D eigenvalue weighted by molar-refractivity contribution is -0.280. The van der Waals surface area contributed by atoms with E-state index >= 15 is 0 Å². The van der Waals surface area contributed by atoms with Crippen LogP contribution < -0.4 is 0 Å². The molecule has 2 aromatic rings. The Morgan fingerprint density at radius 3 is 1.55 bits per heavy atom. The number of rotatable bonds is 28. The number of benzene rings is 2. The molecule has 7 nitrogen and oxygen atoms in total. The fourth-order valence-corrected chi connectivity index (χ4v) is 9.79. The molecule has 4 rings (SSSR count). The molecule has 0 aromatic heterocycles. The van der Waals surface area contributed by atoms with E-state index in [9.17, 15) is 4.79 Å². The molecule has 8 atom stereocenters. The Labute approximate surface area is 366 Å². The van der Waals surface area contributed by atoms with Crippen LogP contribution >= 0.6 is 0 Å². The van der Waals surface area contributed by atoms with Crippen molar-refractivity contribution in [2.45, 2.75) is 223 Å². The van der Waals surface area contributed by atoms with Gasteiger partial charge in [0, 0.05) is 55.4 Å². The van der Waals surface area contributed by atoms with Crippen LogP contribution in [0.2, 0.25) is 18.1 Å². The highest BCUT2D eigenvalue weighted by Crippen LogP contribution is 2.41. The zero-order valence-corrected chi connectivity index (χ0v) is 39.5. The first-order valence-corrected chi connectivity index (χ1v) is 26.6. The second-order valence-corrected chi connectivity index (χ2v) is 23.8. The molecule has 2 fully saturated rings. The number of unbranched alkanes of at least 4 members (excludes halogenated alkanes) is 12. The van der Waals surface area contributed by atoms with E-state index in [0.717, 1.165) is 30.4 Å². The van der Waals surface area contributed by atoms with E-state index in [-0.39, 0.29) is 41.7 Å². The van der Waals surface area contributed by atoms with Crippen LogP contribution in [0.15, 0.2) is 86.0 Å². The summed E-state index contributed by atoms with van der Waals surface area (Å²) in [6.45, 7) is 21.5. The number of hydrogen-bond acceptors (Lipinski definition) is 7. The van der Waals surface area contributed by atoms with Crippen LogP contribution in [-0.4, -0.2) is 50.9 Å². The molecule has 2 saturated heterocycles. The molecular weight excluding hydrogens is 765 g/mol. The van der Waals surface area contributed by atoms with Gasteiger partial charge in [0.1, 0.15) is 6.10 Å². The average molecular weight is 847 g/mol.